The molecule has 1 aromatic carbocycles. The number of nitrogen functional groups attached to an aromatic ring is 1. The number of aromatic nitrogens is 2. The number of halogens is 1. The molecular formula is C10H10FN3. The van der Waals surface area contributed by atoms with E-state index in [0.29, 0.717) is 16.9 Å². The lowest BCUT2D eigenvalue weighted by atomic mass is 10.1. The Kier molecular flexibility index (Phi) is 1.96. The number of nitrogens with two attached hydrogens (primary N) is 1. The summed E-state index contributed by atoms with van der Waals surface area (Å²) in [5, 5.41) is 6.68. The average molecular weight is 191 g/mol. The van der Waals surface area contributed by atoms with Crippen molar-refractivity contribution in [1.82, 2.24) is 10.2 Å². The van der Waals surface area contributed by atoms with Crippen LogP contribution in [0, 0.1) is 12.7 Å². The first-order valence-electron chi connectivity index (χ1n) is 4.25. The van der Waals surface area contributed by atoms with E-state index in [2.05, 4.69) is 10.2 Å². The van der Waals surface area contributed by atoms with Crippen LogP contribution in [0.1, 0.15) is 5.69 Å². The molecule has 4 heteroatoms. The summed E-state index contributed by atoms with van der Waals surface area (Å²) in [5.41, 5.74) is 7.89. The van der Waals surface area contributed by atoms with E-state index in [4.69, 9.17) is 5.73 Å². The van der Waals surface area contributed by atoms with Crippen molar-refractivity contribution < 1.29 is 4.39 Å². The minimum Gasteiger partial charge on any atom is -0.395 e. The molecule has 1 aromatic heterocycles. The van der Waals surface area contributed by atoms with Crippen LogP contribution in [0.15, 0.2) is 24.3 Å². The van der Waals surface area contributed by atoms with Crippen LogP contribution in [-0.2, 0) is 0 Å². The number of rotatable bonds is 1. The number of nitrogens with zero attached hydrogens (tertiary/aromatic N) is 1. The molecule has 0 spiro atoms. The molecule has 3 nitrogen and oxygen atoms in total. The summed E-state index contributed by atoms with van der Waals surface area (Å²) in [4.78, 5) is 0. The second-order valence-corrected chi connectivity index (χ2v) is 3.09. The molecular weight excluding hydrogens is 181 g/mol. The maximum atomic E-state index is 13.4. The van der Waals surface area contributed by atoms with Gasteiger partial charge in [-0.1, -0.05) is 12.1 Å². The van der Waals surface area contributed by atoms with Gasteiger partial charge in [-0.2, -0.15) is 5.10 Å². The summed E-state index contributed by atoms with van der Waals surface area (Å²) in [6, 6.07) is 6.43. The van der Waals surface area contributed by atoms with Crippen LogP contribution in [0.25, 0.3) is 11.3 Å². The van der Waals surface area contributed by atoms with E-state index in [1.165, 1.54) is 6.07 Å². The first-order valence-corrected chi connectivity index (χ1v) is 4.25. The van der Waals surface area contributed by atoms with Crippen molar-refractivity contribution in [2.24, 2.45) is 0 Å². The predicted molar refractivity (Wildman–Crippen MR) is 53.1 cm³/mol. The zero-order chi connectivity index (χ0) is 10.1. The molecule has 0 aliphatic rings. The molecule has 0 aliphatic heterocycles. The van der Waals surface area contributed by atoms with Gasteiger partial charge in [-0.3, -0.25) is 5.10 Å². The highest BCUT2D eigenvalue weighted by molar-refractivity contribution is 5.74. The van der Waals surface area contributed by atoms with E-state index < -0.39 is 0 Å². The quantitative estimate of drug-likeness (QED) is 0.725. The first-order chi connectivity index (χ1) is 6.70. The zero-order valence-electron chi connectivity index (χ0n) is 7.71. The van der Waals surface area contributed by atoms with Crippen LogP contribution in [0.2, 0.25) is 0 Å². The van der Waals surface area contributed by atoms with Crippen molar-refractivity contribution in [3.05, 3.63) is 35.8 Å². The molecule has 0 saturated carbocycles. The highest BCUT2D eigenvalue weighted by Gasteiger charge is 2.12. The largest absolute Gasteiger partial charge is 0.395 e. The van der Waals surface area contributed by atoms with Gasteiger partial charge in [0, 0.05) is 5.56 Å². The lowest BCUT2D eigenvalue weighted by molar-refractivity contribution is 0.630. The van der Waals surface area contributed by atoms with E-state index in [0.717, 1.165) is 5.69 Å². The Morgan fingerprint density at radius 3 is 2.64 bits per heavy atom. The van der Waals surface area contributed by atoms with Gasteiger partial charge < -0.3 is 5.73 Å². The normalized spacial score (nSPS) is 10.4. The van der Waals surface area contributed by atoms with Crippen molar-refractivity contribution in [3.63, 3.8) is 0 Å². The van der Waals surface area contributed by atoms with Crippen molar-refractivity contribution in [3.8, 4) is 11.3 Å². The molecule has 2 rings (SSSR count). The molecule has 1 heterocycles. The van der Waals surface area contributed by atoms with Crippen LogP contribution in [-0.4, -0.2) is 10.2 Å². The summed E-state index contributed by atoms with van der Waals surface area (Å²) in [6.07, 6.45) is 0. The maximum absolute atomic E-state index is 13.4. The van der Waals surface area contributed by atoms with E-state index in [-0.39, 0.29) is 5.82 Å². The van der Waals surface area contributed by atoms with Gasteiger partial charge in [0.2, 0.25) is 0 Å². The van der Waals surface area contributed by atoms with Gasteiger partial charge in [0.05, 0.1) is 11.4 Å². The second-order valence-electron chi connectivity index (χ2n) is 3.09. The van der Waals surface area contributed by atoms with E-state index in [1.54, 1.807) is 25.1 Å². The zero-order valence-corrected chi connectivity index (χ0v) is 7.71. The molecule has 0 fully saturated rings. The Morgan fingerprint density at radius 1 is 1.36 bits per heavy atom. The Labute approximate surface area is 80.8 Å². The van der Waals surface area contributed by atoms with Crippen LogP contribution in [0.5, 0.6) is 0 Å². The molecule has 0 amide bonds. The Hall–Kier alpha value is -1.84. The van der Waals surface area contributed by atoms with Gasteiger partial charge in [0.25, 0.3) is 0 Å². The molecule has 0 atom stereocenters. The van der Waals surface area contributed by atoms with Crippen molar-refractivity contribution in [1.29, 1.82) is 0 Å². The monoisotopic (exact) mass is 191 g/mol. The number of aromatic amines is 1. The molecule has 3 N–H and O–H groups in total. The van der Waals surface area contributed by atoms with Crippen LogP contribution >= 0.6 is 0 Å². The second kappa shape index (κ2) is 3.14. The highest BCUT2D eigenvalue weighted by atomic mass is 19.1. The average Bonchev–Trinajstić information content (AvgIpc) is 2.49. The van der Waals surface area contributed by atoms with Crippen molar-refractivity contribution >= 4 is 5.69 Å². The standard InChI is InChI=1S/C10H10FN3/c1-6-9(12)10(14-13-6)7-4-2-3-5-8(7)11/h2-5H,12H2,1H3,(H,13,14). The number of H-pyrrole nitrogens is 1. The van der Waals surface area contributed by atoms with Crippen molar-refractivity contribution in [2.75, 3.05) is 5.73 Å². The summed E-state index contributed by atoms with van der Waals surface area (Å²) in [6.45, 7) is 1.80. The summed E-state index contributed by atoms with van der Waals surface area (Å²) >= 11 is 0. The minimum absolute atomic E-state index is 0.314. The third-order valence-corrected chi connectivity index (χ3v) is 2.12. The number of hydrogen-bond donors (Lipinski definition) is 2. The molecule has 0 unspecified atom stereocenters. The summed E-state index contributed by atoms with van der Waals surface area (Å²) < 4.78 is 13.4. The third kappa shape index (κ3) is 1.25. The van der Waals surface area contributed by atoms with Gasteiger partial charge in [0.15, 0.2) is 0 Å². The molecule has 72 valence electrons. The number of benzene rings is 1. The Morgan fingerprint density at radius 2 is 2.07 bits per heavy atom. The predicted octanol–water partition coefficient (Wildman–Crippen LogP) is 2.11. The SMILES string of the molecule is Cc1[nH]nc(-c2ccccc2F)c1N. The fourth-order valence-corrected chi connectivity index (χ4v) is 1.30. The number of aryl methyl sites for hydroxylation is 1. The molecule has 0 saturated heterocycles. The highest BCUT2D eigenvalue weighted by Crippen LogP contribution is 2.27. The van der Waals surface area contributed by atoms with E-state index in [1.807, 2.05) is 0 Å². The van der Waals surface area contributed by atoms with Gasteiger partial charge in [-0.15, -0.1) is 0 Å². The van der Waals surface area contributed by atoms with Gasteiger partial charge >= 0.3 is 0 Å². The molecule has 0 bridgehead atoms. The third-order valence-electron chi connectivity index (χ3n) is 2.12. The molecule has 0 radical (unpaired) electrons. The summed E-state index contributed by atoms with van der Waals surface area (Å²) in [7, 11) is 0. The lowest BCUT2D eigenvalue weighted by Crippen LogP contribution is -1.90. The Balaban J connectivity index is 2.60. The molecule has 2 aromatic rings. The first kappa shape index (κ1) is 8.74. The topological polar surface area (TPSA) is 54.7 Å². The number of nitrogens with one attached hydrogen (secondary N) is 1. The molecule has 0 aliphatic carbocycles. The van der Waals surface area contributed by atoms with Gasteiger partial charge in [0.1, 0.15) is 11.5 Å². The van der Waals surface area contributed by atoms with Crippen LogP contribution in [0.3, 0.4) is 0 Å². The van der Waals surface area contributed by atoms with Crippen LogP contribution < -0.4 is 5.73 Å². The van der Waals surface area contributed by atoms with Gasteiger partial charge in [-0.05, 0) is 19.1 Å². The fourth-order valence-electron chi connectivity index (χ4n) is 1.30. The number of hydrogen-bond acceptors (Lipinski definition) is 2. The molecule has 14 heavy (non-hydrogen) atoms. The van der Waals surface area contributed by atoms with E-state index in [9.17, 15) is 4.39 Å². The maximum Gasteiger partial charge on any atom is 0.132 e. The lowest BCUT2D eigenvalue weighted by Gasteiger charge is -1.99. The van der Waals surface area contributed by atoms with Crippen molar-refractivity contribution in [2.45, 2.75) is 6.92 Å². The fraction of sp³-hybridized carbons (Fsp3) is 0.100. The minimum atomic E-state index is -0.314. The number of anilines is 1. The van der Waals surface area contributed by atoms with E-state index >= 15 is 0 Å². The van der Waals surface area contributed by atoms with Crippen LogP contribution in [0.4, 0.5) is 10.1 Å². The van der Waals surface area contributed by atoms with Gasteiger partial charge in [-0.25, -0.2) is 4.39 Å². The summed E-state index contributed by atoms with van der Waals surface area (Å²) in [5.74, 6) is -0.314. The Bertz CT molecular complexity index is 462. The smallest absolute Gasteiger partial charge is 0.132 e.